The second kappa shape index (κ2) is 6.83. The summed E-state index contributed by atoms with van der Waals surface area (Å²) in [6.07, 6.45) is 1.35. The van der Waals surface area contributed by atoms with Gasteiger partial charge in [0.15, 0.2) is 5.75 Å². The van der Waals surface area contributed by atoms with Crippen LogP contribution in [-0.2, 0) is 4.79 Å². The van der Waals surface area contributed by atoms with Crippen molar-refractivity contribution in [1.82, 2.24) is 15.0 Å². The minimum absolute atomic E-state index is 0.274. The van der Waals surface area contributed by atoms with Gasteiger partial charge in [0.05, 0.1) is 0 Å². The number of esters is 1. The third-order valence-electron chi connectivity index (χ3n) is 4.18. The number of benzene rings is 2. The maximum Gasteiger partial charge on any atom is 0.310 e. The first kappa shape index (κ1) is 16.2. The van der Waals surface area contributed by atoms with E-state index in [1.54, 1.807) is 11.7 Å². The summed E-state index contributed by atoms with van der Waals surface area (Å²) in [7, 11) is 0. The lowest BCUT2D eigenvalue weighted by atomic mass is 9.98. The van der Waals surface area contributed by atoms with Gasteiger partial charge in [-0.2, -0.15) is 0 Å². The highest BCUT2D eigenvalue weighted by molar-refractivity contribution is 5.75. The summed E-state index contributed by atoms with van der Waals surface area (Å²) in [4.78, 5) is 13.3. The van der Waals surface area contributed by atoms with Crippen LogP contribution < -0.4 is 4.74 Å². The van der Waals surface area contributed by atoms with Gasteiger partial charge in [-0.15, -0.1) is 15.0 Å². The third-order valence-corrected chi connectivity index (χ3v) is 4.18. The number of fused-ring (bicyclic) bond motifs is 1. The zero-order valence-electron chi connectivity index (χ0n) is 14.2. The lowest BCUT2D eigenvalue weighted by Crippen LogP contribution is -2.10. The van der Waals surface area contributed by atoms with Crippen LogP contribution in [-0.4, -0.2) is 21.0 Å². The molecule has 0 spiro atoms. The summed E-state index contributed by atoms with van der Waals surface area (Å²) in [5.74, 6) is 0.614. The Labute approximate surface area is 141 Å². The van der Waals surface area contributed by atoms with Crippen LogP contribution in [0.3, 0.4) is 0 Å². The molecule has 0 saturated carbocycles. The summed E-state index contributed by atoms with van der Waals surface area (Å²) in [5, 5.41) is 9.03. The molecule has 5 nitrogen and oxygen atoms in total. The van der Waals surface area contributed by atoms with Gasteiger partial charge in [0.25, 0.3) is 0 Å². The average molecular weight is 323 g/mol. The molecule has 1 unspecified atom stereocenters. The second-order valence-electron chi connectivity index (χ2n) is 5.84. The molecular weight excluding hydrogens is 302 g/mol. The highest BCUT2D eigenvalue weighted by Gasteiger charge is 2.15. The molecular formula is C19H21N3O2. The molecule has 124 valence electrons. The predicted octanol–water partition coefficient (Wildman–Crippen LogP) is 4.25. The van der Waals surface area contributed by atoms with Crippen molar-refractivity contribution < 1.29 is 9.53 Å². The van der Waals surface area contributed by atoms with Gasteiger partial charge in [0.1, 0.15) is 16.7 Å². The molecule has 0 saturated heterocycles. The first-order valence-corrected chi connectivity index (χ1v) is 8.29. The van der Waals surface area contributed by atoms with Crippen molar-refractivity contribution in [3.63, 3.8) is 0 Å². The number of nitrogens with zero attached hydrogens (tertiary/aromatic N) is 3. The molecule has 0 amide bonds. The third kappa shape index (κ3) is 3.15. The number of hydrogen-bond donors (Lipinski definition) is 0. The van der Waals surface area contributed by atoms with Crippen LogP contribution in [0.2, 0.25) is 0 Å². The molecule has 0 aliphatic rings. The van der Waals surface area contributed by atoms with Gasteiger partial charge in [-0.05, 0) is 42.2 Å². The smallest absolute Gasteiger partial charge is 0.310 e. The molecule has 1 atom stereocenters. The van der Waals surface area contributed by atoms with E-state index in [1.807, 2.05) is 42.5 Å². The summed E-state index contributed by atoms with van der Waals surface area (Å²) in [6, 6.07) is 13.5. The second-order valence-corrected chi connectivity index (χ2v) is 5.84. The van der Waals surface area contributed by atoms with Crippen LogP contribution in [0.4, 0.5) is 0 Å². The quantitative estimate of drug-likeness (QED) is 0.520. The minimum Gasteiger partial charge on any atom is -0.424 e. The molecule has 2 aromatic carbocycles. The van der Waals surface area contributed by atoms with Crippen LogP contribution in [0, 0.1) is 0 Å². The van der Waals surface area contributed by atoms with Crippen molar-refractivity contribution in [1.29, 1.82) is 0 Å². The van der Waals surface area contributed by atoms with Gasteiger partial charge < -0.3 is 4.74 Å². The van der Waals surface area contributed by atoms with Crippen molar-refractivity contribution in [3.8, 4) is 11.4 Å². The molecule has 0 bridgehead atoms. The molecule has 1 aromatic heterocycles. The molecule has 0 aliphatic carbocycles. The van der Waals surface area contributed by atoms with Crippen LogP contribution in [0.15, 0.2) is 42.5 Å². The van der Waals surface area contributed by atoms with Crippen molar-refractivity contribution >= 4 is 17.0 Å². The van der Waals surface area contributed by atoms with Gasteiger partial charge in [-0.1, -0.05) is 39.0 Å². The van der Waals surface area contributed by atoms with E-state index < -0.39 is 0 Å². The fourth-order valence-electron chi connectivity index (χ4n) is 2.48. The van der Waals surface area contributed by atoms with E-state index in [0.717, 1.165) is 17.5 Å². The Morgan fingerprint density at radius 2 is 1.79 bits per heavy atom. The summed E-state index contributed by atoms with van der Waals surface area (Å²) < 4.78 is 5.47. The Balaban J connectivity index is 2.12. The Bertz CT molecular complexity index is 837. The lowest BCUT2D eigenvalue weighted by molar-refractivity contribution is -0.134. The van der Waals surface area contributed by atoms with E-state index in [2.05, 4.69) is 24.0 Å². The predicted molar refractivity (Wildman–Crippen MR) is 93.5 cm³/mol. The standard InChI is InChI=1S/C19H21N3O2/c1-4-13(3)14-10-11-18(24-19(23)5-2)17(12-14)22-20-15-8-6-7-9-16(15)21-22/h6-13H,4-5H2,1-3H3. The van der Waals surface area contributed by atoms with Gasteiger partial charge in [0, 0.05) is 6.42 Å². The SMILES string of the molecule is CCC(=O)Oc1ccc(C(C)CC)cc1-n1nc2ccccc2n1. The molecule has 0 aliphatic heterocycles. The Morgan fingerprint density at radius 1 is 1.12 bits per heavy atom. The minimum atomic E-state index is -0.274. The summed E-state index contributed by atoms with van der Waals surface area (Å²) in [6.45, 7) is 6.09. The number of carbonyl (C=O) groups excluding carboxylic acids is 1. The number of carbonyl (C=O) groups is 1. The van der Waals surface area contributed by atoms with Crippen LogP contribution in [0.25, 0.3) is 16.7 Å². The molecule has 24 heavy (non-hydrogen) atoms. The molecule has 0 fully saturated rings. The van der Waals surface area contributed by atoms with E-state index in [1.165, 1.54) is 5.56 Å². The topological polar surface area (TPSA) is 57.0 Å². The Morgan fingerprint density at radius 3 is 2.38 bits per heavy atom. The number of ether oxygens (including phenoxy) is 1. The first-order valence-electron chi connectivity index (χ1n) is 8.29. The van der Waals surface area contributed by atoms with Crippen molar-refractivity contribution in [2.45, 2.75) is 39.5 Å². The number of aromatic nitrogens is 3. The molecule has 0 radical (unpaired) electrons. The largest absolute Gasteiger partial charge is 0.424 e. The molecule has 1 heterocycles. The van der Waals surface area contributed by atoms with Gasteiger partial charge >= 0.3 is 5.97 Å². The van der Waals surface area contributed by atoms with Crippen LogP contribution >= 0.6 is 0 Å². The zero-order chi connectivity index (χ0) is 17.1. The van der Waals surface area contributed by atoms with E-state index in [-0.39, 0.29) is 5.97 Å². The molecule has 3 aromatic rings. The fraction of sp³-hybridized carbons (Fsp3) is 0.316. The van der Waals surface area contributed by atoms with E-state index >= 15 is 0 Å². The van der Waals surface area contributed by atoms with Gasteiger partial charge in [-0.3, -0.25) is 4.79 Å². The summed E-state index contributed by atoms with van der Waals surface area (Å²) >= 11 is 0. The zero-order valence-corrected chi connectivity index (χ0v) is 14.2. The van der Waals surface area contributed by atoms with Crippen LogP contribution in [0.5, 0.6) is 5.75 Å². The number of rotatable bonds is 5. The molecule has 3 rings (SSSR count). The lowest BCUT2D eigenvalue weighted by Gasteiger charge is -2.14. The number of hydrogen-bond acceptors (Lipinski definition) is 4. The summed E-state index contributed by atoms with van der Waals surface area (Å²) in [5.41, 5.74) is 3.47. The highest BCUT2D eigenvalue weighted by Crippen LogP contribution is 2.29. The van der Waals surface area contributed by atoms with Gasteiger partial charge in [-0.25, -0.2) is 0 Å². The van der Waals surface area contributed by atoms with E-state index in [0.29, 0.717) is 23.8 Å². The Kier molecular flexibility index (Phi) is 4.60. The first-order chi connectivity index (χ1) is 11.6. The van der Waals surface area contributed by atoms with Gasteiger partial charge in [0.2, 0.25) is 0 Å². The Hall–Kier alpha value is -2.69. The van der Waals surface area contributed by atoms with Crippen LogP contribution in [0.1, 0.15) is 45.1 Å². The van der Waals surface area contributed by atoms with E-state index in [9.17, 15) is 4.79 Å². The molecule has 5 heteroatoms. The maximum atomic E-state index is 11.7. The molecule has 0 N–H and O–H groups in total. The normalized spacial score (nSPS) is 12.3. The fourth-order valence-corrected chi connectivity index (χ4v) is 2.48. The average Bonchev–Trinajstić information content (AvgIpc) is 3.05. The maximum absolute atomic E-state index is 11.7. The highest BCUT2D eigenvalue weighted by atomic mass is 16.5. The van der Waals surface area contributed by atoms with Crippen molar-refractivity contribution in [2.75, 3.05) is 0 Å². The van der Waals surface area contributed by atoms with Crippen molar-refractivity contribution in [2.24, 2.45) is 0 Å². The van der Waals surface area contributed by atoms with Crippen molar-refractivity contribution in [3.05, 3.63) is 48.0 Å². The monoisotopic (exact) mass is 323 g/mol. The van der Waals surface area contributed by atoms with E-state index in [4.69, 9.17) is 4.74 Å².